The van der Waals surface area contributed by atoms with Gasteiger partial charge in [-0.05, 0) is 30.7 Å². The quantitative estimate of drug-likeness (QED) is 0.678. The fraction of sp³-hybridized carbons (Fsp3) is 0.167. The highest BCUT2D eigenvalue weighted by Gasteiger charge is 2.12. The second kappa shape index (κ2) is 7.85. The molecule has 1 amide bonds. The number of rotatable bonds is 6. The number of ether oxygens (including phenoxy) is 1. The average molecular weight is 355 g/mol. The van der Waals surface area contributed by atoms with E-state index >= 15 is 0 Å². The van der Waals surface area contributed by atoms with Crippen LogP contribution in [0.2, 0.25) is 0 Å². The van der Waals surface area contributed by atoms with E-state index in [1.807, 2.05) is 43.3 Å². The number of anilines is 1. The highest BCUT2D eigenvalue weighted by atomic mass is 32.2. The van der Waals surface area contributed by atoms with Gasteiger partial charge in [0.05, 0.1) is 12.9 Å². The molecular formula is C18H17N3O3S. The van der Waals surface area contributed by atoms with E-state index < -0.39 is 0 Å². The molecule has 1 aromatic heterocycles. The summed E-state index contributed by atoms with van der Waals surface area (Å²) in [7, 11) is 1.58. The van der Waals surface area contributed by atoms with Crippen LogP contribution in [-0.4, -0.2) is 29.0 Å². The fourth-order valence-electron chi connectivity index (χ4n) is 2.21. The van der Waals surface area contributed by atoms with Gasteiger partial charge < -0.3 is 14.5 Å². The van der Waals surface area contributed by atoms with Crippen LogP contribution in [0.1, 0.15) is 5.56 Å². The van der Waals surface area contributed by atoms with Crippen LogP contribution >= 0.6 is 11.8 Å². The lowest BCUT2D eigenvalue weighted by Gasteiger charge is -2.05. The van der Waals surface area contributed by atoms with Gasteiger partial charge >= 0.3 is 0 Å². The molecule has 0 saturated heterocycles. The maximum Gasteiger partial charge on any atom is 0.277 e. The van der Waals surface area contributed by atoms with E-state index in [0.29, 0.717) is 22.6 Å². The van der Waals surface area contributed by atoms with Crippen LogP contribution < -0.4 is 10.1 Å². The molecule has 0 aliphatic heterocycles. The van der Waals surface area contributed by atoms with Crippen molar-refractivity contribution in [3.05, 3.63) is 54.1 Å². The second-order valence-corrected chi connectivity index (χ2v) is 6.18. The molecule has 0 fully saturated rings. The van der Waals surface area contributed by atoms with E-state index in [-0.39, 0.29) is 11.7 Å². The Morgan fingerprint density at radius 2 is 2.04 bits per heavy atom. The van der Waals surface area contributed by atoms with E-state index in [4.69, 9.17) is 9.15 Å². The largest absolute Gasteiger partial charge is 0.497 e. The van der Waals surface area contributed by atoms with Crippen LogP contribution in [-0.2, 0) is 4.79 Å². The summed E-state index contributed by atoms with van der Waals surface area (Å²) >= 11 is 1.20. The first-order valence-electron chi connectivity index (χ1n) is 7.62. The number of amides is 1. The van der Waals surface area contributed by atoms with Crippen molar-refractivity contribution < 1.29 is 13.9 Å². The van der Waals surface area contributed by atoms with E-state index in [2.05, 4.69) is 15.5 Å². The van der Waals surface area contributed by atoms with Gasteiger partial charge in [-0.2, -0.15) is 0 Å². The maximum atomic E-state index is 12.1. The highest BCUT2D eigenvalue weighted by Crippen LogP contribution is 2.25. The summed E-state index contributed by atoms with van der Waals surface area (Å²) < 4.78 is 10.8. The summed E-state index contributed by atoms with van der Waals surface area (Å²) in [6.45, 7) is 1.98. The standard InChI is InChI=1S/C18H17N3O3S/c1-12-6-3-4-9-15(12)17-20-21-18(24-17)25-11-16(22)19-13-7-5-8-14(10-13)23-2/h3-10H,11H2,1-2H3,(H,19,22). The molecule has 1 heterocycles. The predicted octanol–water partition coefficient (Wildman–Crippen LogP) is 3.78. The molecule has 3 aromatic rings. The molecule has 7 heteroatoms. The third kappa shape index (κ3) is 4.39. The first-order valence-corrected chi connectivity index (χ1v) is 8.60. The Morgan fingerprint density at radius 3 is 2.84 bits per heavy atom. The summed E-state index contributed by atoms with van der Waals surface area (Å²) in [4.78, 5) is 12.1. The number of nitrogens with zero attached hydrogens (tertiary/aromatic N) is 2. The average Bonchev–Trinajstić information content (AvgIpc) is 3.09. The van der Waals surface area contributed by atoms with Crippen LogP contribution in [0.3, 0.4) is 0 Å². The Balaban J connectivity index is 1.58. The molecule has 0 aliphatic rings. The number of hydrogen-bond donors (Lipinski definition) is 1. The Bertz CT molecular complexity index is 879. The number of nitrogens with one attached hydrogen (secondary N) is 1. The maximum absolute atomic E-state index is 12.1. The van der Waals surface area contributed by atoms with E-state index in [1.165, 1.54) is 11.8 Å². The van der Waals surface area contributed by atoms with Gasteiger partial charge in [0.25, 0.3) is 5.22 Å². The molecule has 6 nitrogen and oxygen atoms in total. The van der Waals surface area contributed by atoms with Crippen molar-refractivity contribution in [3.63, 3.8) is 0 Å². The van der Waals surface area contributed by atoms with Crippen molar-refractivity contribution in [2.24, 2.45) is 0 Å². The third-order valence-corrected chi connectivity index (χ3v) is 4.28. The summed E-state index contributed by atoms with van der Waals surface area (Å²) in [5, 5.41) is 11.2. The van der Waals surface area contributed by atoms with E-state index in [9.17, 15) is 4.79 Å². The normalized spacial score (nSPS) is 10.5. The molecule has 2 aromatic carbocycles. The smallest absolute Gasteiger partial charge is 0.277 e. The first-order chi connectivity index (χ1) is 12.2. The van der Waals surface area contributed by atoms with Crippen LogP contribution in [0, 0.1) is 6.92 Å². The first kappa shape index (κ1) is 17.0. The molecule has 0 atom stereocenters. The summed E-state index contributed by atoms with van der Waals surface area (Å²) in [6.07, 6.45) is 0. The minimum atomic E-state index is -0.158. The number of aryl methyl sites for hydroxylation is 1. The monoisotopic (exact) mass is 355 g/mol. The summed E-state index contributed by atoms with van der Waals surface area (Å²) in [5.41, 5.74) is 2.62. The van der Waals surface area contributed by atoms with Crippen LogP contribution in [0.5, 0.6) is 5.75 Å². The van der Waals surface area contributed by atoms with Crippen molar-refractivity contribution in [3.8, 4) is 17.2 Å². The number of carbonyl (C=O) groups excluding carboxylic acids is 1. The third-order valence-electron chi connectivity index (χ3n) is 3.46. The van der Waals surface area contributed by atoms with E-state index in [1.54, 1.807) is 19.2 Å². The highest BCUT2D eigenvalue weighted by molar-refractivity contribution is 7.99. The minimum Gasteiger partial charge on any atom is -0.497 e. The van der Waals surface area contributed by atoms with Gasteiger partial charge in [-0.3, -0.25) is 4.79 Å². The van der Waals surface area contributed by atoms with Gasteiger partial charge in [0, 0.05) is 17.3 Å². The number of thioether (sulfide) groups is 1. The predicted molar refractivity (Wildman–Crippen MR) is 96.8 cm³/mol. The molecular weight excluding hydrogens is 338 g/mol. The molecule has 128 valence electrons. The number of carbonyl (C=O) groups is 1. The van der Waals surface area contributed by atoms with Gasteiger partial charge in [-0.15, -0.1) is 10.2 Å². The zero-order chi connectivity index (χ0) is 17.6. The van der Waals surface area contributed by atoms with E-state index in [0.717, 1.165) is 11.1 Å². The Kier molecular flexibility index (Phi) is 5.35. The summed E-state index contributed by atoms with van der Waals surface area (Å²) in [6, 6.07) is 15.0. The molecule has 1 N–H and O–H groups in total. The van der Waals surface area contributed by atoms with Crippen LogP contribution in [0.25, 0.3) is 11.5 Å². The Labute approximate surface area is 149 Å². The second-order valence-electron chi connectivity index (χ2n) is 5.26. The van der Waals surface area contributed by atoms with Gasteiger partial charge in [0.15, 0.2) is 0 Å². The zero-order valence-corrected chi connectivity index (χ0v) is 14.7. The topological polar surface area (TPSA) is 77.2 Å². The Morgan fingerprint density at radius 1 is 1.20 bits per heavy atom. The number of methoxy groups -OCH3 is 1. The molecule has 0 bridgehead atoms. The molecule has 0 aliphatic carbocycles. The number of aromatic nitrogens is 2. The minimum absolute atomic E-state index is 0.158. The zero-order valence-electron chi connectivity index (χ0n) is 13.9. The molecule has 25 heavy (non-hydrogen) atoms. The molecule has 0 spiro atoms. The Hall–Kier alpha value is -2.80. The molecule has 0 radical (unpaired) electrons. The lowest BCUT2D eigenvalue weighted by Crippen LogP contribution is -2.13. The van der Waals surface area contributed by atoms with Gasteiger partial charge in [-0.25, -0.2) is 0 Å². The lowest BCUT2D eigenvalue weighted by molar-refractivity contribution is -0.113. The summed E-state index contributed by atoms with van der Waals surface area (Å²) in [5.74, 6) is 1.15. The van der Waals surface area contributed by atoms with Crippen molar-refractivity contribution in [1.82, 2.24) is 10.2 Å². The van der Waals surface area contributed by atoms with Crippen molar-refractivity contribution in [1.29, 1.82) is 0 Å². The van der Waals surface area contributed by atoms with Gasteiger partial charge in [0.1, 0.15) is 5.75 Å². The SMILES string of the molecule is COc1cccc(NC(=O)CSc2nnc(-c3ccccc3C)o2)c1. The van der Waals surface area contributed by atoms with Crippen molar-refractivity contribution in [2.75, 3.05) is 18.2 Å². The van der Waals surface area contributed by atoms with Crippen LogP contribution in [0.4, 0.5) is 5.69 Å². The van der Waals surface area contributed by atoms with Crippen LogP contribution in [0.15, 0.2) is 58.2 Å². The number of benzene rings is 2. The molecule has 0 unspecified atom stereocenters. The number of hydrogen-bond acceptors (Lipinski definition) is 6. The van der Waals surface area contributed by atoms with Gasteiger partial charge in [0.2, 0.25) is 11.8 Å². The lowest BCUT2D eigenvalue weighted by atomic mass is 10.1. The van der Waals surface area contributed by atoms with Crippen molar-refractivity contribution >= 4 is 23.4 Å². The van der Waals surface area contributed by atoms with Crippen molar-refractivity contribution in [2.45, 2.75) is 12.1 Å². The molecule has 0 saturated carbocycles. The molecule has 3 rings (SSSR count). The van der Waals surface area contributed by atoms with Gasteiger partial charge in [-0.1, -0.05) is 36.0 Å². The fourth-order valence-corrected chi connectivity index (χ4v) is 2.78.